The average molecular weight is 559 g/mol. The first-order valence-corrected chi connectivity index (χ1v) is 16.7. The van der Waals surface area contributed by atoms with Crippen LogP contribution < -0.4 is 10.4 Å². The highest BCUT2D eigenvalue weighted by molar-refractivity contribution is 6.99. The van der Waals surface area contributed by atoms with Gasteiger partial charge in [0.15, 0.2) is 0 Å². The molecule has 0 aliphatic rings. The van der Waals surface area contributed by atoms with Gasteiger partial charge in [-0.15, -0.1) is 6.58 Å². The Kier molecular flexibility index (Phi) is 12.0. The molecular formula is C36H50O3Si. The largest absolute Gasteiger partial charge is 0.407 e. The first kappa shape index (κ1) is 32.0. The number of aliphatic hydroxyl groups is 1. The Morgan fingerprint density at radius 2 is 1.35 bits per heavy atom. The summed E-state index contributed by atoms with van der Waals surface area (Å²) in [6.45, 7) is 16.2. The summed E-state index contributed by atoms with van der Waals surface area (Å²) in [6.07, 6.45) is 5.83. The fourth-order valence-corrected chi connectivity index (χ4v) is 10.4. The SMILES string of the molecule is C=CCC[C@@H](OCc1ccccc1)[C@@](C)(O)CCCC(C)CO[Si](c1ccccc1)(c1ccccc1)C(C)(C)C. The van der Waals surface area contributed by atoms with E-state index in [0.717, 1.165) is 31.2 Å². The Bertz CT molecular complexity index is 1080. The normalized spacial score (nSPS) is 15.2. The molecule has 216 valence electrons. The van der Waals surface area contributed by atoms with Gasteiger partial charge in [0.05, 0.1) is 18.3 Å². The van der Waals surface area contributed by atoms with Crippen molar-refractivity contribution in [1.29, 1.82) is 0 Å². The minimum atomic E-state index is -2.54. The van der Waals surface area contributed by atoms with Crippen molar-refractivity contribution in [3.8, 4) is 0 Å². The van der Waals surface area contributed by atoms with Crippen LogP contribution in [-0.2, 0) is 15.8 Å². The monoisotopic (exact) mass is 558 g/mol. The second-order valence-electron chi connectivity index (χ2n) is 12.5. The first-order valence-electron chi connectivity index (χ1n) is 14.8. The quantitative estimate of drug-likeness (QED) is 0.145. The van der Waals surface area contributed by atoms with E-state index in [-0.39, 0.29) is 11.1 Å². The fourth-order valence-electron chi connectivity index (χ4n) is 5.70. The van der Waals surface area contributed by atoms with Crippen molar-refractivity contribution in [2.45, 2.75) is 90.1 Å². The maximum absolute atomic E-state index is 11.5. The molecule has 3 aromatic rings. The summed E-state index contributed by atoms with van der Waals surface area (Å²) in [7, 11) is -2.54. The van der Waals surface area contributed by atoms with E-state index in [9.17, 15) is 5.11 Å². The van der Waals surface area contributed by atoms with Gasteiger partial charge in [-0.05, 0) is 59.5 Å². The number of allylic oxidation sites excluding steroid dienone is 1. The van der Waals surface area contributed by atoms with E-state index in [0.29, 0.717) is 25.6 Å². The molecule has 0 aromatic heterocycles. The smallest absolute Gasteiger partial charge is 0.261 e. The molecule has 3 atom stereocenters. The van der Waals surface area contributed by atoms with E-state index in [4.69, 9.17) is 9.16 Å². The second-order valence-corrected chi connectivity index (χ2v) is 16.8. The molecule has 3 aromatic carbocycles. The molecule has 3 nitrogen and oxygen atoms in total. The highest BCUT2D eigenvalue weighted by Crippen LogP contribution is 2.37. The zero-order chi connectivity index (χ0) is 29.1. The average Bonchev–Trinajstić information content (AvgIpc) is 2.94. The second kappa shape index (κ2) is 14.9. The molecule has 0 bridgehead atoms. The van der Waals surface area contributed by atoms with E-state index in [1.165, 1.54) is 10.4 Å². The van der Waals surface area contributed by atoms with Gasteiger partial charge < -0.3 is 14.3 Å². The Balaban J connectivity index is 1.65. The Morgan fingerprint density at radius 3 is 1.85 bits per heavy atom. The van der Waals surface area contributed by atoms with Crippen molar-refractivity contribution in [2.24, 2.45) is 5.92 Å². The topological polar surface area (TPSA) is 38.7 Å². The third-order valence-corrected chi connectivity index (χ3v) is 13.0. The molecular weight excluding hydrogens is 508 g/mol. The van der Waals surface area contributed by atoms with Gasteiger partial charge >= 0.3 is 0 Å². The molecule has 0 amide bonds. The van der Waals surface area contributed by atoms with Crippen LogP contribution in [0, 0.1) is 5.92 Å². The van der Waals surface area contributed by atoms with E-state index in [2.05, 4.69) is 107 Å². The van der Waals surface area contributed by atoms with Crippen LogP contribution in [0.5, 0.6) is 0 Å². The lowest BCUT2D eigenvalue weighted by Gasteiger charge is -2.43. The predicted molar refractivity (Wildman–Crippen MR) is 172 cm³/mol. The summed E-state index contributed by atoms with van der Waals surface area (Å²) < 4.78 is 13.4. The van der Waals surface area contributed by atoms with Crippen molar-refractivity contribution in [3.63, 3.8) is 0 Å². The zero-order valence-corrected chi connectivity index (χ0v) is 26.3. The van der Waals surface area contributed by atoms with Crippen molar-refractivity contribution in [1.82, 2.24) is 0 Å². The van der Waals surface area contributed by atoms with Gasteiger partial charge in [0.25, 0.3) is 8.32 Å². The summed E-state index contributed by atoms with van der Waals surface area (Å²) in [5.74, 6) is 0.370. The number of benzene rings is 3. The molecule has 0 radical (unpaired) electrons. The molecule has 1 unspecified atom stereocenters. The fraction of sp³-hybridized carbons (Fsp3) is 0.444. The molecule has 0 aliphatic carbocycles. The Hall–Kier alpha value is -2.50. The van der Waals surface area contributed by atoms with Crippen LogP contribution in [0.1, 0.15) is 72.3 Å². The van der Waals surface area contributed by atoms with Crippen LogP contribution in [0.3, 0.4) is 0 Å². The van der Waals surface area contributed by atoms with Gasteiger partial charge in [0.2, 0.25) is 0 Å². The maximum atomic E-state index is 11.5. The van der Waals surface area contributed by atoms with Crippen molar-refractivity contribution < 1.29 is 14.3 Å². The minimum absolute atomic E-state index is 0.0342. The van der Waals surface area contributed by atoms with Gasteiger partial charge in [0, 0.05) is 6.61 Å². The molecule has 1 N–H and O–H groups in total. The summed E-state index contributed by atoms with van der Waals surface area (Å²) in [6, 6.07) is 31.8. The number of hydrogen-bond acceptors (Lipinski definition) is 3. The van der Waals surface area contributed by atoms with Crippen LogP contribution in [-0.4, -0.2) is 31.7 Å². The highest BCUT2D eigenvalue weighted by atomic mass is 28.4. The molecule has 4 heteroatoms. The van der Waals surface area contributed by atoms with Crippen LogP contribution in [0.2, 0.25) is 5.04 Å². The zero-order valence-electron chi connectivity index (χ0n) is 25.3. The van der Waals surface area contributed by atoms with Crippen molar-refractivity contribution in [3.05, 3.63) is 109 Å². The van der Waals surface area contributed by atoms with Gasteiger partial charge in [0.1, 0.15) is 0 Å². The third-order valence-electron chi connectivity index (χ3n) is 8.00. The Morgan fingerprint density at radius 1 is 0.825 bits per heavy atom. The summed E-state index contributed by atoms with van der Waals surface area (Å²) in [5.41, 5.74) is 0.215. The van der Waals surface area contributed by atoms with Crippen LogP contribution in [0.15, 0.2) is 104 Å². The lowest BCUT2D eigenvalue weighted by atomic mass is 9.88. The number of hydrogen-bond donors (Lipinski definition) is 1. The van der Waals surface area contributed by atoms with E-state index in [1.807, 2.05) is 31.2 Å². The number of rotatable bonds is 16. The maximum Gasteiger partial charge on any atom is 0.261 e. The predicted octanol–water partition coefficient (Wildman–Crippen LogP) is 7.67. The lowest BCUT2D eigenvalue weighted by Crippen LogP contribution is -2.66. The standard InChI is InChI=1S/C36H50O3Si/c1-7-8-26-34(38-29-31-20-12-9-13-21-31)36(6,37)27-18-19-30(2)28-39-40(35(3,4)5,32-22-14-10-15-23-32)33-24-16-11-17-25-33/h7,9-17,20-25,30,34,37H,1,8,18-19,26-29H2,2-6H3/t30?,34-,36+/m1/s1. The highest BCUT2D eigenvalue weighted by Gasteiger charge is 2.50. The molecule has 3 rings (SSSR count). The molecule has 40 heavy (non-hydrogen) atoms. The van der Waals surface area contributed by atoms with Crippen molar-refractivity contribution in [2.75, 3.05) is 6.61 Å². The minimum Gasteiger partial charge on any atom is -0.407 e. The summed E-state index contributed by atoms with van der Waals surface area (Å²) >= 11 is 0. The molecule has 0 heterocycles. The van der Waals surface area contributed by atoms with E-state index < -0.39 is 13.9 Å². The van der Waals surface area contributed by atoms with Gasteiger partial charge in [-0.3, -0.25) is 0 Å². The van der Waals surface area contributed by atoms with E-state index in [1.54, 1.807) is 0 Å². The van der Waals surface area contributed by atoms with Gasteiger partial charge in [-0.1, -0.05) is 131 Å². The van der Waals surface area contributed by atoms with Crippen molar-refractivity contribution >= 4 is 18.7 Å². The molecule has 0 fully saturated rings. The summed E-state index contributed by atoms with van der Waals surface area (Å²) in [4.78, 5) is 0. The third kappa shape index (κ3) is 8.50. The van der Waals surface area contributed by atoms with E-state index >= 15 is 0 Å². The first-order chi connectivity index (χ1) is 19.1. The van der Waals surface area contributed by atoms with Gasteiger partial charge in [-0.25, -0.2) is 0 Å². The van der Waals surface area contributed by atoms with Crippen LogP contribution >= 0.6 is 0 Å². The summed E-state index contributed by atoms with van der Waals surface area (Å²) in [5, 5.41) is 14.1. The molecule has 0 spiro atoms. The Labute approximate surface area is 244 Å². The molecule has 0 aliphatic heterocycles. The molecule has 0 saturated heterocycles. The van der Waals surface area contributed by atoms with Crippen LogP contribution in [0.4, 0.5) is 0 Å². The lowest BCUT2D eigenvalue weighted by molar-refractivity contribution is -0.113. The van der Waals surface area contributed by atoms with Crippen LogP contribution in [0.25, 0.3) is 0 Å². The van der Waals surface area contributed by atoms with Gasteiger partial charge in [-0.2, -0.15) is 0 Å². The number of ether oxygens (including phenoxy) is 1. The molecule has 0 saturated carbocycles.